The molecule has 6 heteroatoms. The van der Waals surface area contributed by atoms with E-state index in [1.165, 1.54) is 0 Å². The predicted octanol–water partition coefficient (Wildman–Crippen LogP) is 13.9. The van der Waals surface area contributed by atoms with Crippen molar-refractivity contribution in [2.45, 2.75) is 18.3 Å². The number of rotatable bonds is 8. The molecule has 63 heavy (non-hydrogen) atoms. The van der Waals surface area contributed by atoms with Gasteiger partial charge < -0.3 is 5.32 Å². The molecule has 1 aromatic heterocycles. The Kier molecular flexibility index (Phi) is 9.63. The number of pyridine rings is 1. The molecule has 0 radical (unpaired) electrons. The Hall–Kier alpha value is -7.80. The highest BCUT2D eigenvalue weighted by atomic mass is 19.3. The second kappa shape index (κ2) is 15.9. The monoisotopic (exact) mass is 818 g/mol. The molecule has 0 saturated heterocycles. The normalized spacial score (nSPS) is 16.1. The fourth-order valence-electron chi connectivity index (χ4n) is 8.80. The molecule has 11 rings (SSSR count). The molecule has 0 amide bonds. The number of fused-ring (bicyclic) bond motifs is 3. The van der Waals surface area contributed by atoms with E-state index in [1.807, 2.05) is 121 Å². The molecule has 0 bridgehead atoms. The lowest BCUT2D eigenvalue weighted by Crippen LogP contribution is -2.44. The first kappa shape index (κ1) is 38.1. The summed E-state index contributed by atoms with van der Waals surface area (Å²) in [6.07, 6.45) is -0.386. The summed E-state index contributed by atoms with van der Waals surface area (Å²) >= 11 is 0. The lowest BCUT2D eigenvalue weighted by molar-refractivity contribution is 0.0480. The summed E-state index contributed by atoms with van der Waals surface area (Å²) < 4.78 is 32.2. The Morgan fingerprint density at radius 3 is 1.33 bits per heavy atom. The minimum Gasteiger partial charge on any atom is -0.350 e. The number of aliphatic imine (C=N–C) groups is 1. The molecule has 2 N–H and O–H groups in total. The van der Waals surface area contributed by atoms with Crippen molar-refractivity contribution < 1.29 is 8.78 Å². The predicted molar refractivity (Wildman–Crippen MR) is 251 cm³/mol. The second-order valence-corrected chi connectivity index (χ2v) is 16.1. The standard InChI is InChI=1S/C57H40F2N4/c58-57(59)50-31-29-45(38-21-25-41(26-22-38)53-36-47(37-13-5-1-6-14-37)35-52(60-53)40-15-7-2-8-16-40)33-48(50)49-34-46(30-32-51(49)57)39-23-27-44(28-24-39)56-62-54(42-17-9-3-10-18-42)61-55(63-56)43-19-11-4-12-20-43/h1-36,54-55,61H,(H,62,63). The first-order chi connectivity index (χ1) is 30.9. The van der Waals surface area contributed by atoms with Crippen LogP contribution < -0.4 is 10.6 Å². The number of benzene rings is 8. The van der Waals surface area contributed by atoms with Gasteiger partial charge in [0.2, 0.25) is 0 Å². The Morgan fingerprint density at radius 1 is 0.381 bits per heavy atom. The van der Waals surface area contributed by atoms with E-state index in [4.69, 9.17) is 9.98 Å². The van der Waals surface area contributed by atoms with Gasteiger partial charge in [-0.1, -0.05) is 194 Å². The third-order valence-electron chi connectivity index (χ3n) is 12.1. The number of hydrogen-bond acceptors (Lipinski definition) is 4. The molecule has 2 atom stereocenters. The lowest BCUT2D eigenvalue weighted by Gasteiger charge is -2.32. The van der Waals surface area contributed by atoms with Crippen LogP contribution in [0.15, 0.2) is 223 Å². The van der Waals surface area contributed by atoms with Crippen molar-refractivity contribution in [1.29, 1.82) is 0 Å². The Labute approximate surface area is 365 Å². The van der Waals surface area contributed by atoms with Gasteiger partial charge in [-0.05, 0) is 79.9 Å². The summed E-state index contributed by atoms with van der Waals surface area (Å²) in [5, 5.41) is 7.23. The quantitative estimate of drug-likeness (QED) is 0.161. The van der Waals surface area contributed by atoms with Crippen LogP contribution in [0.1, 0.15) is 40.1 Å². The van der Waals surface area contributed by atoms with Gasteiger partial charge in [0, 0.05) is 27.8 Å². The number of aromatic nitrogens is 1. The first-order valence-electron chi connectivity index (χ1n) is 21.2. The van der Waals surface area contributed by atoms with Gasteiger partial charge in [-0.15, -0.1) is 0 Å². The molecular weight excluding hydrogens is 779 g/mol. The average molecular weight is 819 g/mol. The minimum absolute atomic E-state index is 0.0242. The molecule has 8 aromatic carbocycles. The molecule has 302 valence electrons. The van der Waals surface area contributed by atoms with Gasteiger partial charge in [-0.3, -0.25) is 5.32 Å². The van der Waals surface area contributed by atoms with Gasteiger partial charge in [0.25, 0.3) is 5.92 Å². The summed E-state index contributed by atoms with van der Waals surface area (Å²) in [6.45, 7) is 0. The van der Waals surface area contributed by atoms with Crippen LogP contribution in [0.4, 0.5) is 8.78 Å². The Bertz CT molecular complexity index is 3060. The largest absolute Gasteiger partial charge is 0.350 e. The van der Waals surface area contributed by atoms with E-state index in [2.05, 4.69) is 83.4 Å². The van der Waals surface area contributed by atoms with Crippen molar-refractivity contribution in [3.8, 4) is 67.0 Å². The zero-order valence-electron chi connectivity index (χ0n) is 34.1. The van der Waals surface area contributed by atoms with Crippen LogP contribution in [-0.2, 0) is 5.92 Å². The number of nitrogens with zero attached hydrogens (tertiary/aromatic N) is 2. The Morgan fingerprint density at radius 2 is 0.794 bits per heavy atom. The molecule has 0 spiro atoms. The van der Waals surface area contributed by atoms with Gasteiger partial charge in [0.1, 0.15) is 18.2 Å². The van der Waals surface area contributed by atoms with Crippen molar-refractivity contribution in [3.05, 3.63) is 246 Å². The third kappa shape index (κ3) is 7.30. The van der Waals surface area contributed by atoms with Gasteiger partial charge in [-0.2, -0.15) is 8.78 Å². The van der Waals surface area contributed by atoms with E-state index in [0.29, 0.717) is 11.1 Å². The van der Waals surface area contributed by atoms with E-state index >= 15 is 8.78 Å². The van der Waals surface area contributed by atoms with Crippen LogP contribution in [0.3, 0.4) is 0 Å². The summed E-state index contributed by atoms with van der Waals surface area (Å²) in [6, 6.07) is 72.2. The summed E-state index contributed by atoms with van der Waals surface area (Å²) in [4.78, 5) is 10.2. The van der Waals surface area contributed by atoms with Gasteiger partial charge in [-0.25, -0.2) is 9.98 Å². The van der Waals surface area contributed by atoms with Crippen molar-refractivity contribution in [2.75, 3.05) is 0 Å². The van der Waals surface area contributed by atoms with Crippen LogP contribution in [0.2, 0.25) is 0 Å². The van der Waals surface area contributed by atoms with E-state index in [0.717, 1.165) is 78.4 Å². The molecule has 1 aliphatic carbocycles. The van der Waals surface area contributed by atoms with Crippen molar-refractivity contribution in [1.82, 2.24) is 15.6 Å². The van der Waals surface area contributed by atoms with E-state index < -0.39 is 5.92 Å². The number of hydrogen-bond donors (Lipinski definition) is 2. The highest BCUT2D eigenvalue weighted by Gasteiger charge is 2.44. The molecular formula is C57H40F2N4. The maximum atomic E-state index is 16.1. The lowest BCUT2D eigenvalue weighted by atomic mass is 9.95. The second-order valence-electron chi connectivity index (χ2n) is 16.1. The average Bonchev–Trinajstić information content (AvgIpc) is 3.59. The van der Waals surface area contributed by atoms with Crippen LogP contribution in [0.25, 0.3) is 67.0 Å². The molecule has 0 saturated carbocycles. The zero-order valence-corrected chi connectivity index (χ0v) is 34.1. The van der Waals surface area contributed by atoms with Crippen molar-refractivity contribution >= 4 is 5.84 Å². The zero-order chi connectivity index (χ0) is 42.3. The van der Waals surface area contributed by atoms with Crippen molar-refractivity contribution in [3.63, 3.8) is 0 Å². The molecule has 2 aliphatic rings. The van der Waals surface area contributed by atoms with E-state index in [-0.39, 0.29) is 23.5 Å². The number of nitrogens with one attached hydrogen (secondary N) is 2. The molecule has 9 aromatic rings. The van der Waals surface area contributed by atoms with Gasteiger partial charge >= 0.3 is 0 Å². The van der Waals surface area contributed by atoms with Crippen LogP contribution in [-0.4, -0.2) is 10.8 Å². The van der Waals surface area contributed by atoms with Crippen LogP contribution in [0, 0.1) is 0 Å². The maximum absolute atomic E-state index is 16.1. The SMILES string of the molecule is FC1(F)c2ccc(-c3ccc(C4=NC(c5ccccc5)NC(c5ccccc5)N4)cc3)cc2-c2cc(-c3ccc(-c4cc(-c5ccccc5)cc(-c5ccccc5)n4)cc3)ccc21. The summed E-state index contributed by atoms with van der Waals surface area (Å²) in [5.41, 5.74) is 13.8. The number of alkyl halides is 2. The molecule has 4 nitrogen and oxygen atoms in total. The summed E-state index contributed by atoms with van der Waals surface area (Å²) in [5.74, 6) is -2.33. The first-order valence-corrected chi connectivity index (χ1v) is 21.2. The van der Waals surface area contributed by atoms with Gasteiger partial charge in [0.15, 0.2) is 0 Å². The Balaban J connectivity index is 0.891. The highest BCUT2D eigenvalue weighted by Crippen LogP contribution is 2.52. The van der Waals surface area contributed by atoms with E-state index in [1.54, 1.807) is 24.3 Å². The minimum atomic E-state index is -3.11. The number of halogens is 2. The topological polar surface area (TPSA) is 49.3 Å². The van der Waals surface area contributed by atoms with Gasteiger partial charge in [0.05, 0.1) is 11.4 Å². The third-order valence-corrected chi connectivity index (χ3v) is 12.1. The van der Waals surface area contributed by atoms with Crippen molar-refractivity contribution in [2.24, 2.45) is 4.99 Å². The molecule has 2 heterocycles. The van der Waals surface area contributed by atoms with E-state index in [9.17, 15) is 0 Å². The smallest absolute Gasteiger partial charge is 0.299 e. The molecule has 2 unspecified atom stereocenters. The fraction of sp³-hybridized carbons (Fsp3) is 0.0526. The highest BCUT2D eigenvalue weighted by molar-refractivity contribution is 6.00. The maximum Gasteiger partial charge on any atom is 0.299 e. The summed E-state index contributed by atoms with van der Waals surface area (Å²) in [7, 11) is 0. The molecule has 0 fully saturated rings. The van der Waals surface area contributed by atoms with Crippen LogP contribution >= 0.6 is 0 Å². The number of amidine groups is 1. The fourth-order valence-corrected chi connectivity index (χ4v) is 8.80. The van der Waals surface area contributed by atoms with Crippen LogP contribution in [0.5, 0.6) is 0 Å². The molecule has 1 aliphatic heterocycles.